The number of nitrogens with zero attached hydrogens (tertiary/aromatic N) is 4. The normalized spacial score (nSPS) is 15.9. The van der Waals surface area contributed by atoms with E-state index in [4.69, 9.17) is 27.9 Å². The highest BCUT2D eigenvalue weighted by Crippen LogP contribution is 2.27. The molecule has 0 spiro atoms. The lowest BCUT2D eigenvalue weighted by molar-refractivity contribution is 0.231. The molecule has 1 aliphatic heterocycles. The van der Waals surface area contributed by atoms with Crippen molar-refractivity contribution >= 4 is 39.0 Å². The maximum absolute atomic E-state index is 12.9. The van der Waals surface area contributed by atoms with Crippen LogP contribution in [0.5, 0.6) is 5.88 Å². The zero-order chi connectivity index (χ0) is 20.5. The van der Waals surface area contributed by atoms with Crippen LogP contribution in [0, 0.1) is 6.92 Å². The summed E-state index contributed by atoms with van der Waals surface area (Å²) in [5.41, 5.74) is 0. The first-order valence-corrected chi connectivity index (χ1v) is 11.1. The Morgan fingerprint density at radius 2 is 1.71 bits per heavy atom. The first-order chi connectivity index (χ1) is 13.2. The van der Waals surface area contributed by atoms with Gasteiger partial charge in [0, 0.05) is 32.2 Å². The molecule has 28 heavy (non-hydrogen) atoms. The molecule has 0 saturated carbocycles. The van der Waals surface area contributed by atoms with E-state index in [2.05, 4.69) is 9.97 Å². The smallest absolute Gasteiger partial charge is 0.243 e. The molecule has 0 N–H and O–H groups in total. The quantitative estimate of drug-likeness (QED) is 0.703. The summed E-state index contributed by atoms with van der Waals surface area (Å²) in [5.74, 6) is 1.86. The van der Waals surface area contributed by atoms with Crippen LogP contribution in [0.3, 0.4) is 0 Å². The number of hydrogen-bond donors (Lipinski definition) is 0. The zero-order valence-corrected chi connectivity index (χ0v) is 18.2. The standard InChI is InChI=1S/C18H22Cl2N4O3S/c1-12(2)27-18-11-17(21-13(3)22-18)23-6-8-24(9-7-23)28(25,26)14-4-5-15(19)16(20)10-14/h4-5,10-12H,6-9H2,1-3H3. The summed E-state index contributed by atoms with van der Waals surface area (Å²) in [5, 5.41) is 0.541. The Kier molecular flexibility index (Phi) is 6.34. The van der Waals surface area contributed by atoms with E-state index < -0.39 is 10.0 Å². The molecular weight excluding hydrogens is 423 g/mol. The topological polar surface area (TPSA) is 75.6 Å². The van der Waals surface area contributed by atoms with Crippen molar-refractivity contribution < 1.29 is 13.2 Å². The molecule has 0 amide bonds. The van der Waals surface area contributed by atoms with E-state index >= 15 is 0 Å². The maximum atomic E-state index is 12.9. The molecule has 0 unspecified atom stereocenters. The van der Waals surface area contributed by atoms with Crippen LogP contribution in [0.25, 0.3) is 0 Å². The molecule has 0 bridgehead atoms. The number of rotatable bonds is 5. The lowest BCUT2D eigenvalue weighted by atomic mass is 10.3. The van der Waals surface area contributed by atoms with Crippen LogP contribution in [0.15, 0.2) is 29.2 Å². The molecule has 2 heterocycles. The van der Waals surface area contributed by atoms with Crippen LogP contribution in [-0.4, -0.2) is 55.0 Å². The largest absolute Gasteiger partial charge is 0.475 e. The summed E-state index contributed by atoms with van der Waals surface area (Å²) in [6, 6.07) is 6.14. The second-order valence-electron chi connectivity index (χ2n) is 6.75. The van der Waals surface area contributed by atoms with Gasteiger partial charge in [0.15, 0.2) is 0 Å². The van der Waals surface area contributed by atoms with Crippen molar-refractivity contribution in [1.82, 2.24) is 14.3 Å². The third-order valence-electron chi connectivity index (χ3n) is 4.25. The maximum Gasteiger partial charge on any atom is 0.243 e. The van der Waals surface area contributed by atoms with Gasteiger partial charge in [0.05, 0.1) is 21.0 Å². The summed E-state index contributed by atoms with van der Waals surface area (Å²) < 4.78 is 32.9. The van der Waals surface area contributed by atoms with E-state index in [0.29, 0.717) is 42.9 Å². The van der Waals surface area contributed by atoms with E-state index in [1.165, 1.54) is 22.5 Å². The third-order valence-corrected chi connectivity index (χ3v) is 6.88. The van der Waals surface area contributed by atoms with E-state index in [9.17, 15) is 8.42 Å². The predicted octanol–water partition coefficient (Wildman–Crippen LogP) is 3.39. The molecule has 2 aromatic rings. The highest BCUT2D eigenvalue weighted by molar-refractivity contribution is 7.89. The Labute approximate surface area is 175 Å². The van der Waals surface area contributed by atoms with Gasteiger partial charge in [0.25, 0.3) is 0 Å². The van der Waals surface area contributed by atoms with E-state index in [0.717, 1.165) is 5.82 Å². The first kappa shape index (κ1) is 21.1. The van der Waals surface area contributed by atoms with Gasteiger partial charge in [-0.25, -0.2) is 13.4 Å². The molecular formula is C18H22Cl2N4O3S. The van der Waals surface area contributed by atoms with Gasteiger partial charge in [0.1, 0.15) is 11.6 Å². The molecule has 10 heteroatoms. The van der Waals surface area contributed by atoms with Gasteiger partial charge in [-0.2, -0.15) is 9.29 Å². The number of aromatic nitrogens is 2. The lowest BCUT2D eigenvalue weighted by Gasteiger charge is -2.34. The summed E-state index contributed by atoms with van der Waals surface area (Å²) >= 11 is 11.9. The molecule has 1 aliphatic rings. The van der Waals surface area contributed by atoms with Crippen LogP contribution in [0.4, 0.5) is 5.82 Å². The van der Waals surface area contributed by atoms with Gasteiger partial charge in [-0.15, -0.1) is 0 Å². The number of aryl methyl sites for hydroxylation is 1. The van der Waals surface area contributed by atoms with Crippen molar-refractivity contribution in [3.05, 3.63) is 40.1 Å². The SMILES string of the molecule is Cc1nc(OC(C)C)cc(N2CCN(S(=O)(=O)c3ccc(Cl)c(Cl)c3)CC2)n1. The Hall–Kier alpha value is -1.61. The van der Waals surface area contributed by atoms with Crippen molar-refractivity contribution in [3.8, 4) is 5.88 Å². The average Bonchev–Trinajstić information content (AvgIpc) is 2.63. The Balaban J connectivity index is 1.73. The third kappa shape index (κ3) is 4.68. The summed E-state index contributed by atoms with van der Waals surface area (Å²) in [6.45, 7) is 7.38. The number of sulfonamides is 1. The molecule has 152 valence electrons. The molecule has 1 aromatic carbocycles. The molecule has 0 radical (unpaired) electrons. The molecule has 1 fully saturated rings. The number of ether oxygens (including phenoxy) is 1. The van der Waals surface area contributed by atoms with Crippen LogP contribution in [-0.2, 0) is 10.0 Å². The molecule has 0 atom stereocenters. The van der Waals surface area contributed by atoms with Gasteiger partial charge in [-0.05, 0) is 39.0 Å². The number of hydrogen-bond acceptors (Lipinski definition) is 6. The fourth-order valence-corrected chi connectivity index (χ4v) is 4.74. The highest BCUT2D eigenvalue weighted by atomic mass is 35.5. The van der Waals surface area contributed by atoms with Gasteiger partial charge in [0.2, 0.25) is 15.9 Å². The van der Waals surface area contributed by atoms with Crippen molar-refractivity contribution in [2.24, 2.45) is 0 Å². The second kappa shape index (κ2) is 8.41. The lowest BCUT2D eigenvalue weighted by Crippen LogP contribution is -2.49. The van der Waals surface area contributed by atoms with Crippen LogP contribution >= 0.6 is 23.2 Å². The minimum atomic E-state index is -3.63. The summed E-state index contributed by atoms with van der Waals surface area (Å²) in [7, 11) is -3.63. The molecule has 0 aliphatic carbocycles. The first-order valence-electron chi connectivity index (χ1n) is 8.89. The van der Waals surface area contributed by atoms with Crippen LogP contribution in [0.2, 0.25) is 10.0 Å². The minimum Gasteiger partial charge on any atom is -0.475 e. The number of anilines is 1. The molecule has 3 rings (SSSR count). The number of piperazine rings is 1. The van der Waals surface area contributed by atoms with Gasteiger partial charge in [-0.1, -0.05) is 23.2 Å². The van der Waals surface area contributed by atoms with E-state index in [1.54, 1.807) is 6.07 Å². The number of benzene rings is 1. The zero-order valence-electron chi connectivity index (χ0n) is 15.9. The predicted molar refractivity (Wildman–Crippen MR) is 110 cm³/mol. The summed E-state index contributed by atoms with van der Waals surface area (Å²) in [4.78, 5) is 10.9. The van der Waals surface area contributed by atoms with Crippen molar-refractivity contribution in [2.75, 3.05) is 31.1 Å². The fourth-order valence-electron chi connectivity index (χ4n) is 2.93. The number of halogens is 2. The molecule has 1 saturated heterocycles. The Morgan fingerprint density at radius 1 is 1.04 bits per heavy atom. The van der Waals surface area contributed by atoms with Gasteiger partial charge in [-0.3, -0.25) is 0 Å². The summed E-state index contributed by atoms with van der Waals surface area (Å²) in [6.07, 6.45) is 0.00957. The monoisotopic (exact) mass is 444 g/mol. The Morgan fingerprint density at radius 3 is 2.32 bits per heavy atom. The minimum absolute atomic E-state index is 0.00957. The van der Waals surface area contributed by atoms with Crippen LogP contribution in [0.1, 0.15) is 19.7 Å². The second-order valence-corrected chi connectivity index (χ2v) is 9.50. The van der Waals surface area contributed by atoms with Gasteiger partial charge >= 0.3 is 0 Å². The van der Waals surface area contributed by atoms with Crippen molar-refractivity contribution in [3.63, 3.8) is 0 Å². The van der Waals surface area contributed by atoms with E-state index in [-0.39, 0.29) is 16.0 Å². The van der Waals surface area contributed by atoms with Crippen molar-refractivity contribution in [1.29, 1.82) is 0 Å². The average molecular weight is 445 g/mol. The Bertz CT molecular complexity index is 961. The van der Waals surface area contributed by atoms with Crippen LogP contribution < -0.4 is 9.64 Å². The van der Waals surface area contributed by atoms with Crippen molar-refractivity contribution in [2.45, 2.75) is 31.8 Å². The molecule has 1 aromatic heterocycles. The van der Waals surface area contributed by atoms with Gasteiger partial charge < -0.3 is 9.64 Å². The fraction of sp³-hybridized carbons (Fsp3) is 0.444. The highest BCUT2D eigenvalue weighted by Gasteiger charge is 2.29. The molecule has 7 nitrogen and oxygen atoms in total. The van der Waals surface area contributed by atoms with E-state index in [1.807, 2.05) is 25.7 Å².